The van der Waals surface area contributed by atoms with Crippen molar-refractivity contribution in [2.75, 3.05) is 31.4 Å². The minimum Gasteiger partial charge on any atom is -0.490 e. The standard InChI is InChI=1S/C14H16N4O3/c1-19-14-12(15)13(16-8-17-14)18-9-3-4-10-11(7-9)21-6-2-5-20-10/h3-4,7-8H,2,5-6,15H2,1H3,(H,16,17,18). The molecule has 2 aromatic rings. The van der Waals surface area contributed by atoms with Gasteiger partial charge in [0.15, 0.2) is 17.3 Å². The number of nitrogens with zero attached hydrogens (tertiary/aromatic N) is 2. The molecule has 21 heavy (non-hydrogen) atoms. The lowest BCUT2D eigenvalue weighted by atomic mass is 10.2. The Kier molecular flexibility index (Phi) is 3.63. The first kappa shape index (κ1) is 13.3. The van der Waals surface area contributed by atoms with Crippen molar-refractivity contribution in [2.24, 2.45) is 0 Å². The van der Waals surface area contributed by atoms with Crippen LogP contribution in [0.4, 0.5) is 17.2 Å². The summed E-state index contributed by atoms with van der Waals surface area (Å²) in [6.45, 7) is 1.30. The SMILES string of the molecule is COc1ncnc(Nc2ccc3c(c2)OCCCO3)c1N. The van der Waals surface area contributed by atoms with Crippen LogP contribution in [0.25, 0.3) is 0 Å². The predicted molar refractivity (Wildman–Crippen MR) is 78.3 cm³/mol. The lowest BCUT2D eigenvalue weighted by Crippen LogP contribution is -2.03. The van der Waals surface area contributed by atoms with Crippen LogP contribution in [0.1, 0.15) is 6.42 Å². The van der Waals surface area contributed by atoms with Crippen molar-refractivity contribution in [1.29, 1.82) is 0 Å². The molecule has 110 valence electrons. The van der Waals surface area contributed by atoms with Crippen LogP contribution in [0.3, 0.4) is 0 Å². The van der Waals surface area contributed by atoms with Gasteiger partial charge in [-0.1, -0.05) is 0 Å². The molecule has 0 fully saturated rings. The largest absolute Gasteiger partial charge is 0.490 e. The molecule has 0 saturated carbocycles. The Balaban J connectivity index is 1.87. The lowest BCUT2D eigenvalue weighted by molar-refractivity contribution is 0.297. The van der Waals surface area contributed by atoms with Gasteiger partial charge in [0.05, 0.1) is 20.3 Å². The summed E-state index contributed by atoms with van der Waals surface area (Å²) in [7, 11) is 1.51. The quantitative estimate of drug-likeness (QED) is 0.892. The third-order valence-electron chi connectivity index (χ3n) is 3.05. The molecule has 0 aliphatic carbocycles. The van der Waals surface area contributed by atoms with E-state index in [0.717, 1.165) is 17.9 Å². The van der Waals surface area contributed by atoms with Gasteiger partial charge in [-0.25, -0.2) is 4.98 Å². The van der Waals surface area contributed by atoms with E-state index in [2.05, 4.69) is 15.3 Å². The molecule has 0 amide bonds. The first-order chi connectivity index (χ1) is 10.3. The molecule has 0 atom stereocenters. The van der Waals surface area contributed by atoms with E-state index in [1.54, 1.807) is 0 Å². The zero-order valence-electron chi connectivity index (χ0n) is 11.6. The van der Waals surface area contributed by atoms with Gasteiger partial charge in [-0.2, -0.15) is 4.98 Å². The molecule has 0 bridgehead atoms. The van der Waals surface area contributed by atoms with Gasteiger partial charge in [0, 0.05) is 18.2 Å². The Morgan fingerprint density at radius 2 is 2.00 bits per heavy atom. The molecule has 7 heteroatoms. The van der Waals surface area contributed by atoms with E-state index in [0.29, 0.717) is 36.3 Å². The van der Waals surface area contributed by atoms with Gasteiger partial charge in [0.2, 0.25) is 5.88 Å². The monoisotopic (exact) mass is 288 g/mol. The fourth-order valence-corrected chi connectivity index (χ4v) is 2.02. The Hall–Kier alpha value is -2.70. The number of rotatable bonds is 3. The average Bonchev–Trinajstić information content (AvgIpc) is 2.74. The van der Waals surface area contributed by atoms with Crippen LogP contribution in [0.5, 0.6) is 17.4 Å². The second-order valence-corrected chi connectivity index (χ2v) is 4.48. The fraction of sp³-hybridized carbons (Fsp3) is 0.286. The highest BCUT2D eigenvalue weighted by molar-refractivity contribution is 5.73. The molecule has 0 spiro atoms. The Morgan fingerprint density at radius 1 is 1.19 bits per heavy atom. The molecule has 0 unspecified atom stereocenters. The number of aromatic nitrogens is 2. The van der Waals surface area contributed by atoms with Crippen LogP contribution in [-0.4, -0.2) is 30.3 Å². The van der Waals surface area contributed by atoms with Crippen molar-refractivity contribution in [3.05, 3.63) is 24.5 Å². The first-order valence-electron chi connectivity index (χ1n) is 6.59. The summed E-state index contributed by atoms with van der Waals surface area (Å²) in [5.74, 6) is 2.27. The number of benzene rings is 1. The van der Waals surface area contributed by atoms with Crippen molar-refractivity contribution in [1.82, 2.24) is 9.97 Å². The van der Waals surface area contributed by atoms with Gasteiger partial charge in [-0.15, -0.1) is 0 Å². The predicted octanol–water partition coefficient (Wildman–Crippen LogP) is 1.97. The Bertz CT molecular complexity index is 648. The highest BCUT2D eigenvalue weighted by Gasteiger charge is 2.13. The van der Waals surface area contributed by atoms with Gasteiger partial charge in [-0.3, -0.25) is 0 Å². The second kappa shape index (κ2) is 5.74. The normalized spacial score (nSPS) is 13.4. The number of nitrogen functional groups attached to an aromatic ring is 1. The minimum atomic E-state index is 0.335. The molecule has 1 aliphatic rings. The molecule has 3 N–H and O–H groups in total. The van der Waals surface area contributed by atoms with Gasteiger partial charge < -0.3 is 25.3 Å². The Morgan fingerprint density at radius 3 is 2.81 bits per heavy atom. The number of methoxy groups -OCH3 is 1. The topological polar surface area (TPSA) is 91.5 Å². The summed E-state index contributed by atoms with van der Waals surface area (Å²) >= 11 is 0. The van der Waals surface area contributed by atoms with Crippen LogP contribution in [0, 0.1) is 0 Å². The van der Waals surface area contributed by atoms with E-state index in [-0.39, 0.29) is 0 Å². The van der Waals surface area contributed by atoms with Crippen molar-refractivity contribution in [2.45, 2.75) is 6.42 Å². The summed E-state index contributed by atoms with van der Waals surface area (Å²) in [6, 6.07) is 5.59. The molecule has 1 aliphatic heterocycles. The number of nitrogens with two attached hydrogens (primary N) is 1. The summed E-state index contributed by atoms with van der Waals surface area (Å²) in [4.78, 5) is 8.05. The van der Waals surface area contributed by atoms with Gasteiger partial charge in [0.25, 0.3) is 0 Å². The van der Waals surface area contributed by atoms with Gasteiger partial charge in [-0.05, 0) is 12.1 Å². The van der Waals surface area contributed by atoms with Crippen molar-refractivity contribution >= 4 is 17.2 Å². The molecule has 1 aromatic carbocycles. The van der Waals surface area contributed by atoms with Gasteiger partial charge >= 0.3 is 0 Å². The number of fused-ring (bicyclic) bond motifs is 1. The molecule has 2 heterocycles. The molecule has 7 nitrogen and oxygen atoms in total. The van der Waals surface area contributed by atoms with Crippen LogP contribution in [0.2, 0.25) is 0 Å². The highest BCUT2D eigenvalue weighted by atomic mass is 16.5. The maximum absolute atomic E-state index is 5.94. The third-order valence-corrected chi connectivity index (χ3v) is 3.05. The maximum Gasteiger partial charge on any atom is 0.242 e. The zero-order chi connectivity index (χ0) is 14.7. The smallest absolute Gasteiger partial charge is 0.242 e. The van der Waals surface area contributed by atoms with Crippen molar-refractivity contribution in [3.63, 3.8) is 0 Å². The summed E-state index contributed by atoms with van der Waals surface area (Å²) in [5, 5.41) is 3.13. The number of anilines is 3. The van der Waals surface area contributed by atoms with Crippen LogP contribution in [0.15, 0.2) is 24.5 Å². The second-order valence-electron chi connectivity index (χ2n) is 4.48. The molecule has 3 rings (SSSR count). The van der Waals surface area contributed by atoms with E-state index < -0.39 is 0 Å². The minimum absolute atomic E-state index is 0.335. The third kappa shape index (κ3) is 2.76. The maximum atomic E-state index is 5.94. The summed E-state index contributed by atoms with van der Waals surface area (Å²) in [5.41, 5.74) is 7.09. The van der Waals surface area contributed by atoms with E-state index in [9.17, 15) is 0 Å². The van der Waals surface area contributed by atoms with E-state index in [1.807, 2.05) is 18.2 Å². The van der Waals surface area contributed by atoms with Gasteiger partial charge in [0.1, 0.15) is 12.0 Å². The highest BCUT2D eigenvalue weighted by Crippen LogP contribution is 2.34. The van der Waals surface area contributed by atoms with E-state index in [1.165, 1.54) is 13.4 Å². The molecule has 0 radical (unpaired) electrons. The number of hydrogen-bond acceptors (Lipinski definition) is 7. The molecule has 1 aromatic heterocycles. The van der Waals surface area contributed by atoms with Crippen LogP contribution < -0.4 is 25.3 Å². The number of nitrogens with one attached hydrogen (secondary N) is 1. The van der Waals surface area contributed by atoms with E-state index in [4.69, 9.17) is 19.9 Å². The molecular formula is C14H16N4O3. The number of hydrogen-bond donors (Lipinski definition) is 2. The average molecular weight is 288 g/mol. The van der Waals surface area contributed by atoms with Crippen LogP contribution in [-0.2, 0) is 0 Å². The number of ether oxygens (including phenoxy) is 3. The molecular weight excluding hydrogens is 272 g/mol. The molecule has 0 saturated heterocycles. The summed E-state index contributed by atoms with van der Waals surface area (Å²) < 4.78 is 16.3. The fourth-order valence-electron chi connectivity index (χ4n) is 2.02. The zero-order valence-corrected chi connectivity index (χ0v) is 11.6. The summed E-state index contributed by atoms with van der Waals surface area (Å²) in [6.07, 6.45) is 2.26. The Labute approximate surface area is 122 Å². The first-order valence-corrected chi connectivity index (χ1v) is 6.59. The van der Waals surface area contributed by atoms with E-state index >= 15 is 0 Å². The lowest BCUT2D eigenvalue weighted by Gasteiger charge is -2.12. The van der Waals surface area contributed by atoms with Crippen LogP contribution >= 0.6 is 0 Å². The van der Waals surface area contributed by atoms with Crippen molar-refractivity contribution in [3.8, 4) is 17.4 Å². The van der Waals surface area contributed by atoms with Crippen molar-refractivity contribution < 1.29 is 14.2 Å².